The molecule has 0 aliphatic heterocycles. The maximum Gasteiger partial charge on any atom is 0.168 e. The summed E-state index contributed by atoms with van der Waals surface area (Å²) in [5, 5.41) is 9.89. The van der Waals surface area contributed by atoms with Crippen molar-refractivity contribution in [3.8, 4) is 22.9 Å². The Bertz CT molecular complexity index is 968. The third-order valence-corrected chi connectivity index (χ3v) is 8.00. The zero-order valence-electron chi connectivity index (χ0n) is 22.2. The highest BCUT2D eigenvalue weighted by molar-refractivity contribution is 5.77. The highest BCUT2D eigenvalue weighted by atomic mass is 19.1. The first-order valence-corrected chi connectivity index (χ1v) is 14.0. The zero-order valence-corrected chi connectivity index (χ0v) is 22.2. The molecule has 1 saturated carbocycles. The van der Waals surface area contributed by atoms with Crippen molar-refractivity contribution in [3.63, 3.8) is 0 Å². The standard InChI is InChI=1S/C32H44FNO/c1-4-6-7-8-9-10-11-12-13-24-14-16-26(17-15-24)27-19-20-29(28(22-27)23-34)30-21-18-25(5-2)31(33)32(30)35-3/h18-22,24,26H,4-17H2,1-3H3. The van der Waals surface area contributed by atoms with Gasteiger partial charge in [0.25, 0.3) is 0 Å². The van der Waals surface area contributed by atoms with Gasteiger partial charge in [-0.2, -0.15) is 5.26 Å². The van der Waals surface area contributed by atoms with E-state index < -0.39 is 0 Å². The maximum absolute atomic E-state index is 14.8. The van der Waals surface area contributed by atoms with Gasteiger partial charge in [0.2, 0.25) is 0 Å². The highest BCUT2D eigenvalue weighted by Gasteiger charge is 2.24. The Kier molecular flexibility index (Phi) is 11.1. The van der Waals surface area contributed by atoms with Crippen LogP contribution in [0.25, 0.3) is 11.1 Å². The van der Waals surface area contributed by atoms with Crippen LogP contribution in [0.5, 0.6) is 5.75 Å². The summed E-state index contributed by atoms with van der Waals surface area (Å²) in [7, 11) is 1.49. The van der Waals surface area contributed by atoms with Crippen molar-refractivity contribution < 1.29 is 9.13 Å². The van der Waals surface area contributed by atoms with E-state index in [1.54, 1.807) is 6.07 Å². The van der Waals surface area contributed by atoms with Gasteiger partial charge < -0.3 is 4.74 Å². The van der Waals surface area contributed by atoms with Crippen LogP contribution in [0, 0.1) is 23.1 Å². The second-order valence-corrected chi connectivity index (χ2v) is 10.4. The average molecular weight is 478 g/mol. The third kappa shape index (κ3) is 7.33. The number of ether oxygens (including phenoxy) is 1. The lowest BCUT2D eigenvalue weighted by molar-refractivity contribution is 0.301. The van der Waals surface area contributed by atoms with E-state index in [0.717, 1.165) is 11.5 Å². The number of hydrogen-bond acceptors (Lipinski definition) is 2. The summed E-state index contributed by atoms with van der Waals surface area (Å²) in [6, 6.07) is 12.2. The van der Waals surface area contributed by atoms with Crippen molar-refractivity contribution in [2.75, 3.05) is 7.11 Å². The smallest absolute Gasteiger partial charge is 0.168 e. The minimum Gasteiger partial charge on any atom is -0.493 e. The summed E-state index contributed by atoms with van der Waals surface area (Å²) >= 11 is 0. The molecule has 0 N–H and O–H groups in total. The fraction of sp³-hybridized carbons (Fsp3) is 0.594. The number of unbranched alkanes of at least 4 members (excludes halogenated alkanes) is 7. The van der Waals surface area contributed by atoms with E-state index in [1.165, 1.54) is 96.1 Å². The number of nitriles is 1. The minimum atomic E-state index is -0.324. The molecule has 2 aromatic carbocycles. The Morgan fingerprint density at radius 2 is 1.54 bits per heavy atom. The fourth-order valence-corrected chi connectivity index (χ4v) is 5.78. The van der Waals surface area contributed by atoms with Crippen molar-refractivity contribution in [1.82, 2.24) is 0 Å². The molecule has 2 aromatic rings. The lowest BCUT2D eigenvalue weighted by Crippen LogP contribution is -2.13. The Hall–Kier alpha value is -2.34. The predicted molar refractivity (Wildman–Crippen MR) is 144 cm³/mol. The van der Waals surface area contributed by atoms with Crippen LogP contribution in [0.15, 0.2) is 30.3 Å². The maximum atomic E-state index is 14.8. The SMILES string of the molecule is CCCCCCCCCCC1CCC(c2ccc(-c3ccc(CC)c(F)c3OC)c(C#N)c2)CC1. The molecule has 1 aliphatic carbocycles. The van der Waals surface area contributed by atoms with E-state index in [-0.39, 0.29) is 11.6 Å². The second-order valence-electron chi connectivity index (χ2n) is 10.4. The second kappa shape index (κ2) is 14.3. The van der Waals surface area contributed by atoms with Crippen molar-refractivity contribution in [3.05, 3.63) is 52.8 Å². The van der Waals surface area contributed by atoms with Crippen LogP contribution in [0.4, 0.5) is 4.39 Å². The summed E-state index contributed by atoms with van der Waals surface area (Å²) < 4.78 is 20.3. The van der Waals surface area contributed by atoms with E-state index >= 15 is 0 Å². The van der Waals surface area contributed by atoms with Gasteiger partial charge >= 0.3 is 0 Å². The minimum absolute atomic E-state index is 0.232. The first kappa shape index (κ1) is 27.3. The van der Waals surface area contributed by atoms with Crippen LogP contribution in [0.3, 0.4) is 0 Å². The molecule has 3 heteroatoms. The first-order valence-electron chi connectivity index (χ1n) is 14.0. The van der Waals surface area contributed by atoms with Crippen LogP contribution < -0.4 is 4.74 Å². The summed E-state index contributed by atoms with van der Waals surface area (Å²) in [5.74, 6) is 1.29. The van der Waals surface area contributed by atoms with Crippen LogP contribution in [-0.4, -0.2) is 7.11 Å². The number of rotatable bonds is 13. The lowest BCUT2D eigenvalue weighted by Gasteiger charge is -2.29. The number of aryl methyl sites for hydroxylation is 1. The van der Waals surface area contributed by atoms with Crippen molar-refractivity contribution in [2.45, 2.75) is 110 Å². The quantitative estimate of drug-likeness (QED) is 0.269. The molecule has 0 bridgehead atoms. The van der Waals surface area contributed by atoms with E-state index in [9.17, 15) is 9.65 Å². The number of halogens is 1. The van der Waals surface area contributed by atoms with E-state index in [0.29, 0.717) is 29.0 Å². The highest BCUT2D eigenvalue weighted by Crippen LogP contribution is 2.41. The fourth-order valence-electron chi connectivity index (χ4n) is 5.78. The monoisotopic (exact) mass is 477 g/mol. The van der Waals surface area contributed by atoms with Crippen LogP contribution in [0.2, 0.25) is 0 Å². The molecule has 2 nitrogen and oxygen atoms in total. The summed E-state index contributed by atoms with van der Waals surface area (Å²) in [4.78, 5) is 0. The van der Waals surface area contributed by atoms with E-state index in [2.05, 4.69) is 19.1 Å². The topological polar surface area (TPSA) is 33.0 Å². The Morgan fingerprint density at radius 1 is 0.886 bits per heavy atom. The van der Waals surface area contributed by atoms with Crippen LogP contribution in [0.1, 0.15) is 120 Å². The van der Waals surface area contributed by atoms with Gasteiger partial charge in [0.15, 0.2) is 11.6 Å². The number of benzene rings is 2. The number of methoxy groups -OCH3 is 1. The third-order valence-electron chi connectivity index (χ3n) is 8.00. The Balaban J connectivity index is 1.56. The molecule has 0 radical (unpaired) electrons. The molecule has 3 rings (SSSR count). The van der Waals surface area contributed by atoms with Gasteiger partial charge in [-0.3, -0.25) is 0 Å². The normalized spacial score (nSPS) is 17.8. The summed E-state index contributed by atoms with van der Waals surface area (Å²) in [5.41, 5.74) is 3.88. The number of hydrogen-bond donors (Lipinski definition) is 0. The number of nitrogens with zero attached hydrogens (tertiary/aromatic N) is 1. The molecule has 1 fully saturated rings. The largest absolute Gasteiger partial charge is 0.493 e. The molecule has 0 saturated heterocycles. The summed E-state index contributed by atoms with van der Waals surface area (Å²) in [6.07, 6.45) is 18.1. The predicted octanol–water partition coefficient (Wildman–Crippen LogP) is 9.74. The van der Waals surface area contributed by atoms with E-state index in [1.807, 2.05) is 25.1 Å². The van der Waals surface area contributed by atoms with Gasteiger partial charge in [-0.15, -0.1) is 0 Å². The molecule has 190 valence electrons. The van der Waals surface area contributed by atoms with Gasteiger partial charge in [-0.05, 0) is 61.1 Å². The molecule has 0 amide bonds. The average Bonchev–Trinajstić information content (AvgIpc) is 2.90. The Morgan fingerprint density at radius 3 is 2.17 bits per heavy atom. The van der Waals surface area contributed by atoms with Crippen LogP contribution in [-0.2, 0) is 6.42 Å². The van der Waals surface area contributed by atoms with Gasteiger partial charge in [-0.1, -0.05) is 95.9 Å². The molecular formula is C32H44FNO. The van der Waals surface area contributed by atoms with Gasteiger partial charge in [-0.25, -0.2) is 4.39 Å². The molecule has 35 heavy (non-hydrogen) atoms. The molecule has 1 aliphatic rings. The van der Waals surface area contributed by atoms with Crippen molar-refractivity contribution in [1.29, 1.82) is 5.26 Å². The first-order chi connectivity index (χ1) is 17.1. The van der Waals surface area contributed by atoms with Gasteiger partial charge in [0.1, 0.15) is 0 Å². The lowest BCUT2D eigenvalue weighted by atomic mass is 9.76. The summed E-state index contributed by atoms with van der Waals surface area (Å²) in [6.45, 7) is 4.20. The zero-order chi connectivity index (χ0) is 25.0. The molecule has 0 aromatic heterocycles. The molecule has 0 heterocycles. The van der Waals surface area contributed by atoms with E-state index in [4.69, 9.17) is 4.74 Å². The van der Waals surface area contributed by atoms with Gasteiger partial charge in [0, 0.05) is 11.1 Å². The Labute approximate surface area is 212 Å². The van der Waals surface area contributed by atoms with Crippen molar-refractivity contribution >= 4 is 0 Å². The molecule has 0 atom stereocenters. The van der Waals surface area contributed by atoms with Gasteiger partial charge in [0.05, 0.1) is 18.7 Å². The van der Waals surface area contributed by atoms with Crippen LogP contribution >= 0.6 is 0 Å². The van der Waals surface area contributed by atoms with Crippen molar-refractivity contribution in [2.24, 2.45) is 5.92 Å². The molecule has 0 unspecified atom stereocenters. The molecular weight excluding hydrogens is 433 g/mol. The molecule has 0 spiro atoms.